The Morgan fingerprint density at radius 3 is 2.53 bits per heavy atom. The molecule has 4 heteroatoms. The Morgan fingerprint density at radius 1 is 1.12 bits per heavy atom. The average Bonchev–Trinajstić information content (AvgIpc) is 2.28. The molecule has 0 aliphatic rings. The van der Waals surface area contributed by atoms with Gasteiger partial charge in [-0.2, -0.15) is 0 Å². The number of phenolic OH excluding ortho intramolecular Hbond substituents is 1. The highest BCUT2D eigenvalue weighted by Crippen LogP contribution is 2.28. The number of primary amides is 1. The fourth-order valence-electron chi connectivity index (χ4n) is 1.59. The van der Waals surface area contributed by atoms with E-state index in [2.05, 4.69) is 0 Å². The van der Waals surface area contributed by atoms with Crippen LogP contribution in [0.3, 0.4) is 0 Å². The third-order valence-electron chi connectivity index (χ3n) is 2.36. The quantitative estimate of drug-likeness (QED) is 0.857. The summed E-state index contributed by atoms with van der Waals surface area (Å²) < 4.78 is 0. The van der Waals surface area contributed by atoms with Crippen molar-refractivity contribution in [1.82, 2.24) is 0 Å². The lowest BCUT2D eigenvalue weighted by molar-refractivity contribution is 0.100. The summed E-state index contributed by atoms with van der Waals surface area (Å²) in [5.41, 5.74) is 7.14. The Morgan fingerprint density at radius 2 is 1.88 bits per heavy atom. The number of phenols is 1. The van der Waals surface area contributed by atoms with Crippen LogP contribution in [-0.2, 0) is 0 Å². The van der Waals surface area contributed by atoms with E-state index in [0.717, 1.165) is 11.1 Å². The number of rotatable bonds is 2. The van der Waals surface area contributed by atoms with E-state index < -0.39 is 5.91 Å². The molecule has 2 aromatic rings. The number of hydrogen-bond donors (Lipinski definition) is 2. The second-order valence-corrected chi connectivity index (χ2v) is 4.08. The Labute approximate surface area is 103 Å². The maximum Gasteiger partial charge on any atom is 0.248 e. The van der Waals surface area contributed by atoms with Crippen LogP contribution < -0.4 is 5.73 Å². The SMILES string of the molecule is NC(=O)c1cccc(-c2cc(O)cc(Cl)c2)c1. The summed E-state index contributed by atoms with van der Waals surface area (Å²) in [6.07, 6.45) is 0. The normalized spacial score (nSPS) is 10.2. The van der Waals surface area contributed by atoms with E-state index in [1.807, 2.05) is 6.07 Å². The van der Waals surface area contributed by atoms with E-state index in [-0.39, 0.29) is 5.75 Å². The summed E-state index contributed by atoms with van der Waals surface area (Å²) in [7, 11) is 0. The Balaban J connectivity index is 2.52. The van der Waals surface area contributed by atoms with Crippen LogP contribution in [0, 0.1) is 0 Å². The summed E-state index contributed by atoms with van der Waals surface area (Å²) >= 11 is 5.85. The lowest BCUT2D eigenvalue weighted by atomic mass is 10.0. The lowest BCUT2D eigenvalue weighted by Crippen LogP contribution is -2.10. The zero-order chi connectivity index (χ0) is 12.4. The van der Waals surface area contributed by atoms with Crippen LogP contribution in [0.2, 0.25) is 5.02 Å². The van der Waals surface area contributed by atoms with Crippen LogP contribution in [0.25, 0.3) is 11.1 Å². The molecule has 2 aromatic carbocycles. The van der Waals surface area contributed by atoms with E-state index in [1.165, 1.54) is 6.07 Å². The minimum Gasteiger partial charge on any atom is -0.508 e. The maximum atomic E-state index is 11.1. The van der Waals surface area contributed by atoms with Gasteiger partial charge in [0.15, 0.2) is 0 Å². The summed E-state index contributed by atoms with van der Waals surface area (Å²) in [4.78, 5) is 11.1. The largest absolute Gasteiger partial charge is 0.508 e. The molecule has 0 unspecified atom stereocenters. The second-order valence-electron chi connectivity index (χ2n) is 3.64. The van der Waals surface area contributed by atoms with Crippen molar-refractivity contribution in [2.75, 3.05) is 0 Å². The molecule has 0 atom stereocenters. The van der Waals surface area contributed by atoms with Crippen LogP contribution in [0.5, 0.6) is 5.75 Å². The Bertz CT molecular complexity index is 561. The van der Waals surface area contributed by atoms with E-state index in [4.69, 9.17) is 17.3 Å². The molecule has 0 spiro atoms. The lowest BCUT2D eigenvalue weighted by Gasteiger charge is -2.05. The molecule has 0 bridgehead atoms. The first-order valence-electron chi connectivity index (χ1n) is 4.96. The van der Waals surface area contributed by atoms with Crippen molar-refractivity contribution in [3.8, 4) is 16.9 Å². The molecule has 0 saturated heterocycles. The second kappa shape index (κ2) is 4.47. The zero-order valence-corrected chi connectivity index (χ0v) is 9.61. The molecule has 0 radical (unpaired) electrons. The molecule has 0 aromatic heterocycles. The summed E-state index contributed by atoms with van der Waals surface area (Å²) in [5.74, 6) is -0.407. The van der Waals surface area contributed by atoms with Crippen molar-refractivity contribution in [2.45, 2.75) is 0 Å². The summed E-state index contributed by atoms with van der Waals surface area (Å²) in [6, 6.07) is 11.6. The van der Waals surface area contributed by atoms with Gasteiger partial charge in [-0.3, -0.25) is 4.79 Å². The minimum atomic E-state index is -0.488. The van der Waals surface area contributed by atoms with Crippen molar-refractivity contribution in [2.24, 2.45) is 5.73 Å². The first-order valence-corrected chi connectivity index (χ1v) is 5.34. The standard InChI is InChI=1S/C13H10ClNO2/c14-11-5-10(6-12(16)7-11)8-2-1-3-9(4-8)13(15)17/h1-7,16H,(H2,15,17). The molecule has 0 saturated carbocycles. The topological polar surface area (TPSA) is 63.3 Å². The van der Waals surface area contributed by atoms with E-state index in [1.54, 1.807) is 30.3 Å². The highest BCUT2D eigenvalue weighted by molar-refractivity contribution is 6.31. The fourth-order valence-corrected chi connectivity index (χ4v) is 1.82. The molecule has 0 heterocycles. The monoisotopic (exact) mass is 247 g/mol. The highest BCUT2D eigenvalue weighted by Gasteiger charge is 2.05. The van der Waals surface area contributed by atoms with Gasteiger partial charge in [0.2, 0.25) is 5.91 Å². The smallest absolute Gasteiger partial charge is 0.248 e. The van der Waals surface area contributed by atoms with Crippen molar-refractivity contribution >= 4 is 17.5 Å². The molecule has 0 aliphatic carbocycles. The summed E-state index contributed by atoms with van der Waals surface area (Å²) in [6.45, 7) is 0. The van der Waals surface area contributed by atoms with Gasteiger partial charge in [0.1, 0.15) is 5.75 Å². The summed E-state index contributed by atoms with van der Waals surface area (Å²) in [5, 5.41) is 9.89. The predicted octanol–water partition coefficient (Wildman–Crippen LogP) is 2.81. The number of carbonyl (C=O) groups is 1. The fraction of sp³-hybridized carbons (Fsp3) is 0. The van der Waals surface area contributed by atoms with Crippen molar-refractivity contribution in [3.63, 3.8) is 0 Å². The van der Waals surface area contributed by atoms with Crippen molar-refractivity contribution < 1.29 is 9.90 Å². The molecule has 1 amide bonds. The number of halogens is 1. The predicted molar refractivity (Wildman–Crippen MR) is 67.1 cm³/mol. The molecular weight excluding hydrogens is 238 g/mol. The number of benzene rings is 2. The van der Waals surface area contributed by atoms with Gasteiger partial charge in [-0.25, -0.2) is 0 Å². The molecule has 3 nitrogen and oxygen atoms in total. The van der Waals surface area contributed by atoms with Crippen LogP contribution in [-0.4, -0.2) is 11.0 Å². The van der Waals surface area contributed by atoms with E-state index in [0.29, 0.717) is 10.6 Å². The van der Waals surface area contributed by atoms with Crippen LogP contribution in [0.4, 0.5) is 0 Å². The molecule has 0 fully saturated rings. The minimum absolute atomic E-state index is 0.0805. The average molecular weight is 248 g/mol. The third-order valence-corrected chi connectivity index (χ3v) is 2.58. The van der Waals surface area contributed by atoms with Gasteiger partial charge in [-0.05, 0) is 41.5 Å². The van der Waals surface area contributed by atoms with Gasteiger partial charge in [-0.15, -0.1) is 0 Å². The van der Waals surface area contributed by atoms with Gasteiger partial charge < -0.3 is 10.8 Å². The molecule has 17 heavy (non-hydrogen) atoms. The van der Waals surface area contributed by atoms with Gasteiger partial charge in [0.25, 0.3) is 0 Å². The van der Waals surface area contributed by atoms with Gasteiger partial charge in [0, 0.05) is 10.6 Å². The van der Waals surface area contributed by atoms with Crippen LogP contribution in [0.15, 0.2) is 42.5 Å². The molecular formula is C13H10ClNO2. The number of carbonyl (C=O) groups excluding carboxylic acids is 1. The maximum absolute atomic E-state index is 11.1. The van der Waals surface area contributed by atoms with Gasteiger partial charge in [-0.1, -0.05) is 23.7 Å². The Hall–Kier alpha value is -2.00. The van der Waals surface area contributed by atoms with Gasteiger partial charge in [0.05, 0.1) is 0 Å². The Kier molecular flexibility index (Phi) is 3.02. The van der Waals surface area contributed by atoms with E-state index >= 15 is 0 Å². The molecule has 3 N–H and O–H groups in total. The van der Waals surface area contributed by atoms with E-state index in [9.17, 15) is 9.90 Å². The van der Waals surface area contributed by atoms with Crippen LogP contribution >= 0.6 is 11.6 Å². The first-order chi connectivity index (χ1) is 8.06. The van der Waals surface area contributed by atoms with Crippen molar-refractivity contribution in [3.05, 3.63) is 53.1 Å². The van der Waals surface area contributed by atoms with Crippen molar-refractivity contribution in [1.29, 1.82) is 0 Å². The number of amides is 1. The number of nitrogens with two attached hydrogens (primary N) is 1. The zero-order valence-electron chi connectivity index (χ0n) is 8.85. The number of aromatic hydroxyl groups is 1. The molecule has 2 rings (SSSR count). The van der Waals surface area contributed by atoms with Gasteiger partial charge >= 0.3 is 0 Å². The molecule has 0 aliphatic heterocycles. The first kappa shape index (κ1) is 11.5. The highest BCUT2D eigenvalue weighted by atomic mass is 35.5. The number of hydrogen-bond acceptors (Lipinski definition) is 2. The molecule has 86 valence electrons. The van der Waals surface area contributed by atoms with Crippen LogP contribution in [0.1, 0.15) is 10.4 Å². The third kappa shape index (κ3) is 2.57.